The van der Waals surface area contributed by atoms with Crippen molar-refractivity contribution in [1.29, 1.82) is 0 Å². The second-order valence-corrected chi connectivity index (χ2v) is 4.63. The van der Waals surface area contributed by atoms with Crippen LogP contribution in [-0.2, 0) is 6.42 Å². The van der Waals surface area contributed by atoms with Gasteiger partial charge in [-0.15, -0.1) is 0 Å². The first kappa shape index (κ1) is 12.8. The number of hydrogen-bond donors (Lipinski definition) is 0. The number of halogens is 2. The van der Waals surface area contributed by atoms with Crippen molar-refractivity contribution in [3.8, 4) is 0 Å². The number of carbonyl (C=O) groups is 1. The molecule has 0 radical (unpaired) electrons. The van der Waals surface area contributed by atoms with Crippen molar-refractivity contribution in [2.75, 3.05) is 0 Å². The van der Waals surface area contributed by atoms with Crippen LogP contribution in [0.1, 0.15) is 21.5 Å². The molecule has 18 heavy (non-hydrogen) atoms. The van der Waals surface area contributed by atoms with E-state index in [1.54, 1.807) is 31.2 Å². The molecule has 0 atom stereocenters. The Morgan fingerprint density at radius 3 is 2.67 bits per heavy atom. The van der Waals surface area contributed by atoms with E-state index in [0.717, 1.165) is 5.56 Å². The van der Waals surface area contributed by atoms with Gasteiger partial charge >= 0.3 is 0 Å². The van der Waals surface area contributed by atoms with Gasteiger partial charge < -0.3 is 0 Å². The van der Waals surface area contributed by atoms with E-state index in [0.29, 0.717) is 16.1 Å². The van der Waals surface area contributed by atoms with Crippen molar-refractivity contribution < 1.29 is 9.18 Å². The summed E-state index contributed by atoms with van der Waals surface area (Å²) in [5, 5.41) is 0.607. The molecule has 2 aromatic carbocycles. The Bertz CT molecular complexity index is 593. The maximum Gasteiger partial charge on any atom is 0.167 e. The van der Waals surface area contributed by atoms with Gasteiger partial charge in [0.2, 0.25) is 0 Å². The molecule has 0 N–H and O–H groups in total. The van der Waals surface area contributed by atoms with Gasteiger partial charge in [-0.1, -0.05) is 23.7 Å². The molecule has 0 aliphatic heterocycles. The molecule has 1 nitrogen and oxygen atoms in total. The minimum absolute atomic E-state index is 0.0413. The van der Waals surface area contributed by atoms with Crippen molar-refractivity contribution in [2.45, 2.75) is 13.3 Å². The summed E-state index contributed by atoms with van der Waals surface area (Å²) in [5.41, 5.74) is 1.86. The summed E-state index contributed by atoms with van der Waals surface area (Å²) in [7, 11) is 0. The molecule has 0 heterocycles. The van der Waals surface area contributed by atoms with Crippen LogP contribution in [0.25, 0.3) is 0 Å². The van der Waals surface area contributed by atoms with E-state index in [2.05, 4.69) is 0 Å². The van der Waals surface area contributed by atoms with Crippen molar-refractivity contribution in [2.24, 2.45) is 0 Å². The highest BCUT2D eigenvalue weighted by atomic mass is 35.5. The molecule has 0 aliphatic carbocycles. The lowest BCUT2D eigenvalue weighted by Crippen LogP contribution is -2.04. The van der Waals surface area contributed by atoms with Crippen molar-refractivity contribution in [1.82, 2.24) is 0 Å². The fraction of sp³-hybridized carbons (Fsp3) is 0.133. The number of hydrogen-bond acceptors (Lipinski definition) is 1. The molecule has 3 heteroatoms. The van der Waals surface area contributed by atoms with Gasteiger partial charge in [0.1, 0.15) is 5.82 Å². The molecule has 0 aliphatic rings. The van der Waals surface area contributed by atoms with E-state index in [1.807, 2.05) is 6.07 Å². The highest BCUT2D eigenvalue weighted by Gasteiger charge is 2.09. The van der Waals surface area contributed by atoms with Crippen LogP contribution in [0.5, 0.6) is 0 Å². The first-order chi connectivity index (χ1) is 8.56. The summed E-state index contributed by atoms with van der Waals surface area (Å²) >= 11 is 5.86. The summed E-state index contributed by atoms with van der Waals surface area (Å²) in [6.07, 6.45) is 0.269. The Kier molecular flexibility index (Phi) is 3.78. The van der Waals surface area contributed by atoms with Gasteiger partial charge in [-0.25, -0.2) is 4.39 Å². The topological polar surface area (TPSA) is 17.1 Å². The van der Waals surface area contributed by atoms with Crippen LogP contribution < -0.4 is 0 Å². The van der Waals surface area contributed by atoms with Crippen LogP contribution >= 0.6 is 11.6 Å². The van der Waals surface area contributed by atoms with Gasteiger partial charge in [0.15, 0.2) is 5.78 Å². The van der Waals surface area contributed by atoms with Crippen LogP contribution in [-0.4, -0.2) is 5.78 Å². The summed E-state index contributed by atoms with van der Waals surface area (Å²) < 4.78 is 13.1. The monoisotopic (exact) mass is 262 g/mol. The Morgan fingerprint density at radius 1 is 1.22 bits per heavy atom. The lowest BCUT2D eigenvalue weighted by atomic mass is 10.0. The smallest absolute Gasteiger partial charge is 0.167 e. The van der Waals surface area contributed by atoms with Crippen LogP contribution in [0.4, 0.5) is 4.39 Å². The van der Waals surface area contributed by atoms with Crippen molar-refractivity contribution in [3.05, 3.63) is 70.0 Å². The molecular weight excluding hydrogens is 251 g/mol. The molecule has 92 valence electrons. The first-order valence-electron chi connectivity index (χ1n) is 5.60. The van der Waals surface area contributed by atoms with E-state index in [9.17, 15) is 9.18 Å². The summed E-state index contributed by atoms with van der Waals surface area (Å²) in [4.78, 5) is 12.0. The van der Waals surface area contributed by atoms with Gasteiger partial charge in [-0.3, -0.25) is 4.79 Å². The van der Waals surface area contributed by atoms with Gasteiger partial charge in [0, 0.05) is 17.0 Å². The third kappa shape index (κ3) is 2.96. The van der Waals surface area contributed by atoms with Crippen LogP contribution in [0.2, 0.25) is 5.02 Å². The third-order valence-electron chi connectivity index (χ3n) is 2.73. The van der Waals surface area contributed by atoms with E-state index in [4.69, 9.17) is 11.6 Å². The molecule has 0 amide bonds. The molecule has 0 unspecified atom stereocenters. The quantitative estimate of drug-likeness (QED) is 0.757. The average molecular weight is 263 g/mol. The minimum Gasteiger partial charge on any atom is -0.294 e. The highest BCUT2D eigenvalue weighted by molar-refractivity contribution is 6.30. The van der Waals surface area contributed by atoms with Crippen LogP contribution in [0.15, 0.2) is 42.5 Å². The second-order valence-electron chi connectivity index (χ2n) is 4.19. The van der Waals surface area contributed by atoms with E-state index >= 15 is 0 Å². The lowest BCUT2D eigenvalue weighted by Gasteiger charge is -2.04. The third-order valence-corrected chi connectivity index (χ3v) is 2.97. The van der Waals surface area contributed by atoms with Crippen LogP contribution in [0.3, 0.4) is 0 Å². The number of benzene rings is 2. The number of carbonyl (C=O) groups excluding carboxylic acids is 1. The van der Waals surface area contributed by atoms with Gasteiger partial charge in [-0.05, 0) is 48.4 Å². The lowest BCUT2D eigenvalue weighted by molar-refractivity contribution is 0.0993. The zero-order valence-electron chi connectivity index (χ0n) is 9.91. The minimum atomic E-state index is -0.297. The Balaban J connectivity index is 2.19. The Hall–Kier alpha value is -1.67. The standard InChI is InChI=1S/C15H12ClFO/c1-10-7-12(5-6-14(10)17)15(18)9-11-3-2-4-13(16)8-11/h2-8H,9H2,1H3. The molecule has 2 rings (SSSR count). The highest BCUT2D eigenvalue weighted by Crippen LogP contribution is 2.15. The molecule has 2 aromatic rings. The predicted octanol–water partition coefficient (Wildman–Crippen LogP) is 4.21. The number of ketones is 1. The SMILES string of the molecule is Cc1cc(C(=O)Cc2cccc(Cl)c2)ccc1F. The molecule has 0 spiro atoms. The van der Waals surface area contributed by atoms with Crippen molar-refractivity contribution in [3.63, 3.8) is 0 Å². The van der Waals surface area contributed by atoms with E-state index in [-0.39, 0.29) is 18.0 Å². The van der Waals surface area contributed by atoms with Gasteiger partial charge in [0.05, 0.1) is 0 Å². The molecular formula is C15H12ClFO. The zero-order valence-corrected chi connectivity index (χ0v) is 10.7. The molecule has 0 fully saturated rings. The van der Waals surface area contributed by atoms with Crippen LogP contribution in [0, 0.1) is 12.7 Å². The Morgan fingerprint density at radius 2 is 2.00 bits per heavy atom. The second kappa shape index (κ2) is 5.32. The number of rotatable bonds is 3. The fourth-order valence-corrected chi connectivity index (χ4v) is 1.97. The van der Waals surface area contributed by atoms with E-state index < -0.39 is 0 Å². The summed E-state index contributed by atoms with van der Waals surface area (Å²) in [5.74, 6) is -0.338. The van der Waals surface area contributed by atoms with Crippen molar-refractivity contribution >= 4 is 17.4 Å². The van der Waals surface area contributed by atoms with E-state index in [1.165, 1.54) is 12.1 Å². The van der Waals surface area contributed by atoms with Gasteiger partial charge in [0.25, 0.3) is 0 Å². The number of aryl methyl sites for hydroxylation is 1. The summed E-state index contributed by atoms with van der Waals surface area (Å²) in [6.45, 7) is 1.64. The fourth-order valence-electron chi connectivity index (χ4n) is 1.75. The zero-order chi connectivity index (χ0) is 13.1. The number of Topliss-reactive ketones (excluding diaryl/α,β-unsaturated/α-hetero) is 1. The molecule has 0 saturated carbocycles. The maximum absolute atomic E-state index is 13.1. The molecule has 0 aromatic heterocycles. The predicted molar refractivity (Wildman–Crippen MR) is 70.6 cm³/mol. The normalized spacial score (nSPS) is 10.4. The summed E-state index contributed by atoms with van der Waals surface area (Å²) in [6, 6.07) is 11.6. The van der Waals surface area contributed by atoms with Gasteiger partial charge in [-0.2, -0.15) is 0 Å². The average Bonchev–Trinajstić information content (AvgIpc) is 2.32. The maximum atomic E-state index is 13.1. The largest absolute Gasteiger partial charge is 0.294 e. The molecule has 0 saturated heterocycles. The molecule has 0 bridgehead atoms. The Labute approximate surface area is 110 Å². The first-order valence-corrected chi connectivity index (χ1v) is 5.98.